The molecule has 0 atom stereocenters. The van der Waals surface area contributed by atoms with Crippen molar-refractivity contribution in [3.8, 4) is 5.75 Å². The minimum atomic E-state index is 0.481. The number of aryl methyl sites for hydroxylation is 2. The van der Waals surface area contributed by atoms with Crippen molar-refractivity contribution in [2.24, 2.45) is 0 Å². The quantitative estimate of drug-likeness (QED) is 0.749. The standard InChI is InChI=1S/C15H15ClO2S/c1-3-15-11(7-13(8-17)19-15)9-18-12-4-5-14(16)10(2)6-12/h4-8H,3,9H2,1-2H3. The van der Waals surface area contributed by atoms with Crippen LogP contribution < -0.4 is 4.74 Å². The van der Waals surface area contributed by atoms with Crippen molar-refractivity contribution in [3.63, 3.8) is 0 Å². The minimum absolute atomic E-state index is 0.481. The molecule has 0 aliphatic rings. The molecule has 2 aromatic rings. The van der Waals surface area contributed by atoms with Crippen LogP contribution in [0.2, 0.25) is 5.02 Å². The van der Waals surface area contributed by atoms with Crippen LogP contribution in [-0.4, -0.2) is 6.29 Å². The molecule has 1 aromatic carbocycles. The van der Waals surface area contributed by atoms with Gasteiger partial charge in [-0.15, -0.1) is 11.3 Å². The fourth-order valence-electron chi connectivity index (χ4n) is 1.84. The highest BCUT2D eigenvalue weighted by atomic mass is 35.5. The third-order valence-electron chi connectivity index (χ3n) is 2.88. The van der Waals surface area contributed by atoms with E-state index in [9.17, 15) is 4.79 Å². The molecule has 19 heavy (non-hydrogen) atoms. The predicted molar refractivity (Wildman–Crippen MR) is 79.6 cm³/mol. The van der Waals surface area contributed by atoms with Crippen molar-refractivity contribution in [1.29, 1.82) is 0 Å². The Bertz CT molecular complexity index is 590. The normalized spacial score (nSPS) is 10.5. The number of rotatable bonds is 5. The van der Waals surface area contributed by atoms with Crippen molar-refractivity contribution >= 4 is 29.2 Å². The molecule has 1 aromatic heterocycles. The lowest BCUT2D eigenvalue weighted by molar-refractivity contribution is 0.112. The Labute approximate surface area is 122 Å². The number of aldehydes is 1. The van der Waals surface area contributed by atoms with Gasteiger partial charge >= 0.3 is 0 Å². The number of ether oxygens (including phenoxy) is 1. The Morgan fingerprint density at radius 1 is 1.37 bits per heavy atom. The first-order valence-electron chi connectivity index (χ1n) is 6.09. The summed E-state index contributed by atoms with van der Waals surface area (Å²) in [4.78, 5) is 12.8. The summed E-state index contributed by atoms with van der Waals surface area (Å²) in [6.45, 7) is 4.51. The van der Waals surface area contributed by atoms with Crippen LogP contribution in [0.3, 0.4) is 0 Å². The highest BCUT2D eigenvalue weighted by molar-refractivity contribution is 7.13. The number of halogens is 1. The van der Waals surface area contributed by atoms with E-state index in [-0.39, 0.29) is 0 Å². The first-order valence-corrected chi connectivity index (χ1v) is 7.29. The van der Waals surface area contributed by atoms with E-state index in [1.807, 2.05) is 31.2 Å². The monoisotopic (exact) mass is 294 g/mol. The molecule has 0 saturated heterocycles. The Morgan fingerprint density at radius 2 is 2.16 bits per heavy atom. The van der Waals surface area contributed by atoms with Crippen molar-refractivity contribution < 1.29 is 9.53 Å². The maximum atomic E-state index is 10.8. The molecule has 4 heteroatoms. The highest BCUT2D eigenvalue weighted by Crippen LogP contribution is 2.25. The number of hydrogen-bond donors (Lipinski definition) is 0. The minimum Gasteiger partial charge on any atom is -0.489 e. The van der Waals surface area contributed by atoms with Crippen LogP contribution in [0.25, 0.3) is 0 Å². The summed E-state index contributed by atoms with van der Waals surface area (Å²) in [5, 5.41) is 0.736. The first kappa shape index (κ1) is 14.1. The molecule has 0 saturated carbocycles. The summed E-state index contributed by atoms with van der Waals surface area (Å²) >= 11 is 7.51. The van der Waals surface area contributed by atoms with Gasteiger partial charge in [-0.2, -0.15) is 0 Å². The predicted octanol–water partition coefficient (Wildman–Crippen LogP) is 4.66. The zero-order chi connectivity index (χ0) is 13.8. The molecule has 0 aliphatic carbocycles. The van der Waals surface area contributed by atoms with Gasteiger partial charge in [0.05, 0.1) is 4.88 Å². The van der Waals surface area contributed by atoms with E-state index in [4.69, 9.17) is 16.3 Å². The molecule has 1 heterocycles. The Hall–Kier alpha value is -1.32. The maximum absolute atomic E-state index is 10.8. The van der Waals surface area contributed by atoms with Crippen LogP contribution in [0.5, 0.6) is 5.75 Å². The van der Waals surface area contributed by atoms with Crippen molar-refractivity contribution in [2.75, 3.05) is 0 Å². The molecule has 100 valence electrons. The van der Waals surface area contributed by atoms with Crippen molar-refractivity contribution in [1.82, 2.24) is 0 Å². The molecule has 2 rings (SSSR count). The van der Waals surface area contributed by atoms with Crippen LogP contribution >= 0.6 is 22.9 Å². The van der Waals surface area contributed by atoms with Crippen LogP contribution in [0, 0.1) is 6.92 Å². The fraction of sp³-hybridized carbons (Fsp3) is 0.267. The summed E-state index contributed by atoms with van der Waals surface area (Å²) < 4.78 is 5.76. The van der Waals surface area contributed by atoms with Gasteiger partial charge in [0.1, 0.15) is 12.4 Å². The van der Waals surface area contributed by atoms with E-state index >= 15 is 0 Å². The molecule has 2 nitrogen and oxygen atoms in total. The lowest BCUT2D eigenvalue weighted by Gasteiger charge is -2.08. The number of hydrogen-bond acceptors (Lipinski definition) is 3. The summed E-state index contributed by atoms with van der Waals surface area (Å²) in [5.74, 6) is 0.794. The molecule has 0 N–H and O–H groups in total. The third-order valence-corrected chi connectivity index (χ3v) is 4.55. The average Bonchev–Trinajstić information content (AvgIpc) is 2.82. The molecule has 0 amide bonds. The van der Waals surface area contributed by atoms with E-state index in [0.717, 1.165) is 39.5 Å². The van der Waals surface area contributed by atoms with Gasteiger partial charge in [0.2, 0.25) is 0 Å². The van der Waals surface area contributed by atoms with Gasteiger partial charge in [-0.1, -0.05) is 18.5 Å². The molecular weight excluding hydrogens is 280 g/mol. The summed E-state index contributed by atoms with van der Waals surface area (Å²) in [5.41, 5.74) is 2.08. The molecular formula is C15H15ClO2S. The number of carbonyl (C=O) groups is 1. The van der Waals surface area contributed by atoms with Gasteiger partial charge in [-0.25, -0.2) is 0 Å². The molecule has 0 radical (unpaired) electrons. The van der Waals surface area contributed by atoms with Crippen LogP contribution in [0.15, 0.2) is 24.3 Å². The Kier molecular flexibility index (Phi) is 4.61. The number of benzene rings is 1. The van der Waals surface area contributed by atoms with Gasteiger partial charge in [0, 0.05) is 15.5 Å². The van der Waals surface area contributed by atoms with Crippen LogP contribution in [0.4, 0.5) is 0 Å². The van der Waals surface area contributed by atoms with Gasteiger partial charge in [0.25, 0.3) is 0 Å². The lowest BCUT2D eigenvalue weighted by Crippen LogP contribution is -1.96. The lowest BCUT2D eigenvalue weighted by atomic mass is 10.2. The topological polar surface area (TPSA) is 26.3 Å². The van der Waals surface area contributed by atoms with Gasteiger partial charge in [-0.3, -0.25) is 4.79 Å². The van der Waals surface area contributed by atoms with Crippen molar-refractivity contribution in [3.05, 3.63) is 50.2 Å². The van der Waals surface area contributed by atoms with Gasteiger partial charge in [-0.05, 0) is 43.2 Å². The average molecular weight is 295 g/mol. The second kappa shape index (κ2) is 6.22. The summed E-state index contributed by atoms with van der Waals surface area (Å²) in [6, 6.07) is 7.51. The Balaban J connectivity index is 2.11. The molecule has 0 unspecified atom stereocenters. The van der Waals surface area contributed by atoms with Crippen molar-refractivity contribution in [2.45, 2.75) is 26.9 Å². The second-order valence-corrected chi connectivity index (χ2v) is 5.84. The van der Waals surface area contributed by atoms with E-state index in [0.29, 0.717) is 6.61 Å². The third kappa shape index (κ3) is 3.37. The zero-order valence-corrected chi connectivity index (χ0v) is 12.5. The number of carbonyl (C=O) groups excluding carboxylic acids is 1. The number of thiophene rings is 1. The summed E-state index contributed by atoms with van der Waals surface area (Å²) in [6.07, 6.45) is 1.80. The Morgan fingerprint density at radius 3 is 2.79 bits per heavy atom. The molecule has 0 spiro atoms. The smallest absolute Gasteiger partial charge is 0.160 e. The summed E-state index contributed by atoms with van der Waals surface area (Å²) in [7, 11) is 0. The second-order valence-electron chi connectivity index (χ2n) is 4.27. The maximum Gasteiger partial charge on any atom is 0.160 e. The largest absolute Gasteiger partial charge is 0.489 e. The van der Waals surface area contributed by atoms with Crippen LogP contribution in [0.1, 0.15) is 32.6 Å². The van der Waals surface area contributed by atoms with E-state index in [2.05, 4.69) is 6.92 Å². The highest BCUT2D eigenvalue weighted by Gasteiger charge is 2.08. The molecule has 0 bridgehead atoms. The van der Waals surface area contributed by atoms with Crippen LogP contribution in [-0.2, 0) is 13.0 Å². The first-order chi connectivity index (χ1) is 9.13. The van der Waals surface area contributed by atoms with E-state index < -0.39 is 0 Å². The van der Waals surface area contributed by atoms with Gasteiger partial charge in [0.15, 0.2) is 6.29 Å². The van der Waals surface area contributed by atoms with Gasteiger partial charge < -0.3 is 4.74 Å². The zero-order valence-electron chi connectivity index (χ0n) is 10.9. The fourth-order valence-corrected chi connectivity index (χ4v) is 2.88. The molecule has 0 fully saturated rings. The van der Waals surface area contributed by atoms with E-state index in [1.54, 1.807) is 0 Å². The van der Waals surface area contributed by atoms with E-state index in [1.165, 1.54) is 16.2 Å². The SMILES string of the molecule is CCc1sc(C=O)cc1COc1ccc(Cl)c(C)c1. The molecule has 0 aliphatic heterocycles.